The van der Waals surface area contributed by atoms with Crippen molar-refractivity contribution in [2.45, 2.75) is 174 Å². The molecule has 2 unspecified atom stereocenters. The fraction of sp³-hybridized carbons (Fsp3) is 0.939. The van der Waals surface area contributed by atoms with Crippen molar-refractivity contribution in [3.8, 4) is 0 Å². The fourth-order valence-corrected chi connectivity index (χ4v) is 5.48. The summed E-state index contributed by atoms with van der Waals surface area (Å²) in [6.07, 6.45) is 23.9. The molecule has 5 heteroatoms. The van der Waals surface area contributed by atoms with Crippen LogP contribution in [0, 0.1) is 5.92 Å². The van der Waals surface area contributed by atoms with Gasteiger partial charge in [0.05, 0.1) is 5.92 Å². The number of esters is 2. The van der Waals surface area contributed by atoms with Crippen LogP contribution in [0.5, 0.6) is 0 Å². The van der Waals surface area contributed by atoms with E-state index in [1.807, 2.05) is 0 Å². The van der Waals surface area contributed by atoms with E-state index in [0.717, 1.165) is 90.1 Å². The van der Waals surface area contributed by atoms with Crippen molar-refractivity contribution in [2.75, 3.05) is 20.1 Å². The second kappa shape index (κ2) is 23.8. The van der Waals surface area contributed by atoms with Gasteiger partial charge in [-0.3, -0.25) is 9.59 Å². The van der Waals surface area contributed by atoms with E-state index in [-0.39, 0.29) is 30.1 Å². The third kappa shape index (κ3) is 18.2. The molecule has 0 amide bonds. The Morgan fingerprint density at radius 1 is 0.632 bits per heavy atom. The van der Waals surface area contributed by atoms with E-state index >= 15 is 0 Å². The topological polar surface area (TPSA) is 55.8 Å². The van der Waals surface area contributed by atoms with Crippen molar-refractivity contribution < 1.29 is 19.1 Å². The minimum absolute atomic E-state index is 0.00675. The Labute approximate surface area is 236 Å². The van der Waals surface area contributed by atoms with Crippen molar-refractivity contribution >= 4 is 11.9 Å². The van der Waals surface area contributed by atoms with Gasteiger partial charge in [-0.1, -0.05) is 91.4 Å². The van der Waals surface area contributed by atoms with E-state index in [9.17, 15) is 9.59 Å². The normalized spacial score (nSPS) is 16.3. The van der Waals surface area contributed by atoms with E-state index in [2.05, 4.69) is 32.7 Å². The zero-order valence-corrected chi connectivity index (χ0v) is 25.8. The molecule has 1 rings (SSSR count). The van der Waals surface area contributed by atoms with E-state index in [1.165, 1.54) is 57.8 Å². The molecule has 0 aliphatic carbocycles. The van der Waals surface area contributed by atoms with Crippen molar-refractivity contribution in [1.29, 1.82) is 0 Å². The predicted molar refractivity (Wildman–Crippen MR) is 159 cm³/mol. The zero-order valence-electron chi connectivity index (χ0n) is 25.8. The standard InChI is InChI=1S/C33H63NO4/c1-5-8-11-13-14-15-17-22-31(38-33(36)29-25-27-34(4)28-26-29)23-18-19-24-32(35)37-30(20-10-7-3)21-16-12-9-6-2/h29-31H,5-28H2,1-4H3. The van der Waals surface area contributed by atoms with Gasteiger partial charge >= 0.3 is 11.9 Å². The highest BCUT2D eigenvalue weighted by Gasteiger charge is 2.27. The van der Waals surface area contributed by atoms with Crippen LogP contribution in [0.25, 0.3) is 0 Å². The highest BCUT2D eigenvalue weighted by atomic mass is 16.5. The van der Waals surface area contributed by atoms with Crippen LogP contribution in [0.15, 0.2) is 0 Å². The molecule has 0 spiro atoms. The van der Waals surface area contributed by atoms with Gasteiger partial charge in [0.15, 0.2) is 0 Å². The Balaban J connectivity index is 2.42. The number of nitrogens with zero attached hydrogens (tertiary/aromatic N) is 1. The van der Waals surface area contributed by atoms with Gasteiger partial charge in [0, 0.05) is 6.42 Å². The van der Waals surface area contributed by atoms with Crippen molar-refractivity contribution in [2.24, 2.45) is 5.92 Å². The molecule has 0 aromatic rings. The lowest BCUT2D eigenvalue weighted by Gasteiger charge is -2.29. The molecule has 5 nitrogen and oxygen atoms in total. The summed E-state index contributed by atoms with van der Waals surface area (Å²) in [4.78, 5) is 27.7. The van der Waals surface area contributed by atoms with Crippen molar-refractivity contribution in [3.05, 3.63) is 0 Å². The SMILES string of the molecule is CCCCCCCCCC(CCCCC(=O)OC(CCCC)CCCCCC)OC(=O)C1CCN(C)CC1. The van der Waals surface area contributed by atoms with Gasteiger partial charge in [0.1, 0.15) is 12.2 Å². The average Bonchev–Trinajstić information content (AvgIpc) is 2.91. The van der Waals surface area contributed by atoms with Gasteiger partial charge in [-0.15, -0.1) is 0 Å². The number of hydrogen-bond donors (Lipinski definition) is 0. The van der Waals surface area contributed by atoms with Crippen LogP contribution in [0.1, 0.15) is 162 Å². The molecule has 0 bridgehead atoms. The highest BCUT2D eigenvalue weighted by Crippen LogP contribution is 2.22. The van der Waals surface area contributed by atoms with Crippen LogP contribution in [0.4, 0.5) is 0 Å². The Kier molecular flexibility index (Phi) is 21.8. The van der Waals surface area contributed by atoms with Crippen molar-refractivity contribution in [1.82, 2.24) is 4.90 Å². The van der Waals surface area contributed by atoms with Gasteiger partial charge < -0.3 is 14.4 Å². The molecule has 0 N–H and O–H groups in total. The number of likely N-dealkylation sites (tertiary alicyclic amines) is 1. The van der Waals surface area contributed by atoms with Crippen LogP contribution in [-0.2, 0) is 19.1 Å². The molecular formula is C33H63NO4. The highest BCUT2D eigenvalue weighted by molar-refractivity contribution is 5.72. The maximum absolute atomic E-state index is 12.9. The van der Waals surface area contributed by atoms with E-state index in [4.69, 9.17) is 9.47 Å². The first-order valence-electron chi connectivity index (χ1n) is 16.6. The lowest BCUT2D eigenvalue weighted by molar-refractivity contribution is -0.157. The summed E-state index contributed by atoms with van der Waals surface area (Å²) in [6.45, 7) is 8.62. The Hall–Kier alpha value is -1.10. The summed E-state index contributed by atoms with van der Waals surface area (Å²) in [5.41, 5.74) is 0. The second-order valence-electron chi connectivity index (χ2n) is 11.9. The Morgan fingerprint density at radius 3 is 1.66 bits per heavy atom. The third-order valence-corrected chi connectivity index (χ3v) is 8.18. The number of unbranched alkanes of at least 4 members (excludes halogenated alkanes) is 11. The van der Waals surface area contributed by atoms with E-state index in [0.29, 0.717) is 6.42 Å². The Bertz CT molecular complexity index is 573. The summed E-state index contributed by atoms with van der Waals surface area (Å²) in [6, 6.07) is 0. The van der Waals surface area contributed by atoms with Crippen LogP contribution >= 0.6 is 0 Å². The van der Waals surface area contributed by atoms with Gasteiger partial charge in [-0.05, 0) is 84.3 Å². The first-order valence-corrected chi connectivity index (χ1v) is 16.6. The van der Waals surface area contributed by atoms with Crippen LogP contribution in [0.2, 0.25) is 0 Å². The predicted octanol–water partition coefficient (Wildman–Crippen LogP) is 9.01. The molecule has 38 heavy (non-hydrogen) atoms. The molecule has 224 valence electrons. The third-order valence-electron chi connectivity index (χ3n) is 8.18. The van der Waals surface area contributed by atoms with Gasteiger partial charge in [0.25, 0.3) is 0 Å². The van der Waals surface area contributed by atoms with E-state index in [1.54, 1.807) is 0 Å². The van der Waals surface area contributed by atoms with Gasteiger partial charge in [-0.2, -0.15) is 0 Å². The van der Waals surface area contributed by atoms with Gasteiger partial charge in [-0.25, -0.2) is 0 Å². The summed E-state index contributed by atoms with van der Waals surface area (Å²) in [7, 11) is 2.12. The number of hydrogen-bond acceptors (Lipinski definition) is 5. The number of ether oxygens (including phenoxy) is 2. The number of carbonyl (C=O) groups is 2. The Morgan fingerprint density at radius 2 is 1.08 bits per heavy atom. The molecule has 0 saturated carbocycles. The van der Waals surface area contributed by atoms with E-state index < -0.39 is 0 Å². The molecule has 2 atom stereocenters. The maximum Gasteiger partial charge on any atom is 0.309 e. The summed E-state index contributed by atoms with van der Waals surface area (Å²) in [5, 5.41) is 0. The van der Waals surface area contributed by atoms with Crippen LogP contribution < -0.4 is 0 Å². The minimum Gasteiger partial charge on any atom is -0.462 e. The summed E-state index contributed by atoms with van der Waals surface area (Å²) >= 11 is 0. The smallest absolute Gasteiger partial charge is 0.309 e. The van der Waals surface area contributed by atoms with Crippen molar-refractivity contribution in [3.63, 3.8) is 0 Å². The molecule has 1 aliphatic heterocycles. The largest absolute Gasteiger partial charge is 0.462 e. The molecule has 0 radical (unpaired) electrons. The number of piperidine rings is 1. The molecule has 0 aromatic carbocycles. The molecule has 1 aliphatic rings. The first kappa shape index (κ1) is 34.9. The van der Waals surface area contributed by atoms with Crippen LogP contribution in [-0.4, -0.2) is 49.2 Å². The fourth-order valence-electron chi connectivity index (χ4n) is 5.48. The lowest BCUT2D eigenvalue weighted by Crippen LogP contribution is -2.35. The average molecular weight is 538 g/mol. The van der Waals surface area contributed by atoms with Gasteiger partial charge in [0.2, 0.25) is 0 Å². The zero-order chi connectivity index (χ0) is 27.8. The molecule has 1 heterocycles. The second-order valence-corrected chi connectivity index (χ2v) is 11.9. The lowest BCUT2D eigenvalue weighted by atomic mass is 9.97. The first-order chi connectivity index (χ1) is 18.5. The summed E-state index contributed by atoms with van der Waals surface area (Å²) < 4.78 is 12.0. The monoisotopic (exact) mass is 537 g/mol. The maximum atomic E-state index is 12.9. The molecular weight excluding hydrogens is 474 g/mol. The quantitative estimate of drug-likeness (QED) is 0.0908. The molecule has 0 aromatic heterocycles. The molecule has 1 fully saturated rings. The van der Waals surface area contributed by atoms with Crippen LogP contribution in [0.3, 0.4) is 0 Å². The number of carbonyl (C=O) groups excluding carboxylic acids is 2. The molecule has 1 saturated heterocycles. The summed E-state index contributed by atoms with van der Waals surface area (Å²) in [5.74, 6) is 0.0101. The number of rotatable bonds is 24. The minimum atomic E-state index is -0.0476.